The smallest absolute Gasteiger partial charge is 0.337 e. The summed E-state index contributed by atoms with van der Waals surface area (Å²) < 4.78 is 9.08. The second-order valence-corrected chi connectivity index (χ2v) is 6.34. The van der Waals surface area contributed by atoms with Gasteiger partial charge in [0.1, 0.15) is 0 Å². The fourth-order valence-corrected chi connectivity index (χ4v) is 2.91. The van der Waals surface area contributed by atoms with Gasteiger partial charge in [-0.15, -0.1) is 0 Å². The molecule has 0 aliphatic rings. The Kier molecular flexibility index (Phi) is 5.36. The van der Waals surface area contributed by atoms with Crippen molar-refractivity contribution in [2.24, 2.45) is 0 Å². The average Bonchev–Trinajstić information content (AvgIpc) is 3.06. The lowest BCUT2D eigenvalue weighted by molar-refractivity contribution is -0.119. The van der Waals surface area contributed by atoms with Crippen molar-refractivity contribution < 1.29 is 9.53 Å². The van der Waals surface area contributed by atoms with Crippen LogP contribution >= 0.6 is 0 Å². The van der Waals surface area contributed by atoms with Gasteiger partial charge >= 0.3 is 5.69 Å². The largest absolute Gasteiger partial charge is 0.383 e. The van der Waals surface area contributed by atoms with Crippen LogP contribution in [0.5, 0.6) is 0 Å². The number of ketones is 1. The first kappa shape index (κ1) is 18.8. The van der Waals surface area contributed by atoms with Crippen LogP contribution in [0.25, 0.3) is 16.9 Å². The highest BCUT2D eigenvalue weighted by Gasteiger charge is 2.19. The van der Waals surface area contributed by atoms with Gasteiger partial charge in [-0.2, -0.15) is 0 Å². The molecule has 0 unspecified atom stereocenters. The Labute approximate surface area is 155 Å². The molecule has 142 valence electrons. The Hall–Kier alpha value is -3.00. The number of carbonyl (C=O) groups is 1. The van der Waals surface area contributed by atoms with Crippen LogP contribution in [0.2, 0.25) is 0 Å². The van der Waals surface area contributed by atoms with Gasteiger partial charge in [-0.25, -0.2) is 14.3 Å². The zero-order valence-electron chi connectivity index (χ0n) is 15.6. The molecular formula is C19H22N4O4. The van der Waals surface area contributed by atoms with E-state index in [0.29, 0.717) is 12.1 Å². The zero-order chi connectivity index (χ0) is 19.6. The van der Waals surface area contributed by atoms with E-state index in [-0.39, 0.29) is 36.6 Å². The number of ether oxygens (including phenoxy) is 1. The third-order valence-corrected chi connectivity index (χ3v) is 4.45. The van der Waals surface area contributed by atoms with Gasteiger partial charge in [-0.3, -0.25) is 14.2 Å². The lowest BCUT2D eigenvalue weighted by Gasteiger charge is -2.12. The first-order valence-corrected chi connectivity index (χ1v) is 8.76. The predicted octanol–water partition coefficient (Wildman–Crippen LogP) is 1.28. The van der Waals surface area contributed by atoms with Crippen molar-refractivity contribution >= 4 is 16.9 Å². The van der Waals surface area contributed by atoms with Crippen LogP contribution in [0.1, 0.15) is 18.9 Å². The van der Waals surface area contributed by atoms with E-state index in [2.05, 4.69) is 4.98 Å². The number of rotatable bonds is 7. The van der Waals surface area contributed by atoms with Gasteiger partial charge in [-0.1, -0.05) is 24.6 Å². The van der Waals surface area contributed by atoms with E-state index < -0.39 is 11.2 Å². The molecule has 0 saturated carbocycles. The van der Waals surface area contributed by atoms with E-state index in [0.717, 1.165) is 10.1 Å². The molecule has 1 aromatic carbocycles. The molecule has 27 heavy (non-hydrogen) atoms. The van der Waals surface area contributed by atoms with Crippen molar-refractivity contribution in [3.05, 3.63) is 57.0 Å². The van der Waals surface area contributed by atoms with E-state index in [1.165, 1.54) is 22.6 Å². The Morgan fingerprint density at radius 3 is 2.52 bits per heavy atom. The minimum atomic E-state index is -0.486. The summed E-state index contributed by atoms with van der Waals surface area (Å²) in [6.45, 7) is 4.09. The molecule has 0 radical (unpaired) electrons. The minimum Gasteiger partial charge on any atom is -0.383 e. The average molecular weight is 370 g/mol. The standard InChI is InChI=1S/C19H22N4O4/c1-4-15(24)11-21-12-20-17-16(21)18(25)22(9-10-27-3)19(26)23(17)14-7-5-13(2)6-8-14/h5-8,12H,4,9-11H2,1-3H3. The molecule has 8 nitrogen and oxygen atoms in total. The highest BCUT2D eigenvalue weighted by Crippen LogP contribution is 2.14. The first-order chi connectivity index (χ1) is 13.0. The fourth-order valence-electron chi connectivity index (χ4n) is 2.91. The Balaban J connectivity index is 2.33. The van der Waals surface area contributed by atoms with Crippen LogP contribution in [-0.2, 0) is 22.6 Å². The third-order valence-electron chi connectivity index (χ3n) is 4.45. The van der Waals surface area contributed by atoms with Crippen molar-refractivity contribution in [1.29, 1.82) is 0 Å². The molecule has 0 saturated heterocycles. The number of benzene rings is 1. The maximum Gasteiger partial charge on any atom is 0.337 e. The van der Waals surface area contributed by atoms with E-state index in [1.807, 2.05) is 19.1 Å². The maximum atomic E-state index is 13.0. The number of hydrogen-bond donors (Lipinski definition) is 0. The normalized spacial score (nSPS) is 11.2. The lowest BCUT2D eigenvalue weighted by Crippen LogP contribution is -2.41. The Morgan fingerprint density at radius 1 is 1.19 bits per heavy atom. The second-order valence-electron chi connectivity index (χ2n) is 6.34. The molecule has 0 bridgehead atoms. The predicted molar refractivity (Wildman–Crippen MR) is 102 cm³/mol. The summed E-state index contributed by atoms with van der Waals surface area (Å²) in [5, 5.41) is 0. The zero-order valence-corrected chi connectivity index (χ0v) is 15.6. The number of Topliss-reactive ketones (excluding diaryl/α,β-unsaturated/α-hetero) is 1. The van der Waals surface area contributed by atoms with E-state index in [4.69, 9.17) is 4.74 Å². The fraction of sp³-hybridized carbons (Fsp3) is 0.368. The molecule has 2 aromatic heterocycles. The minimum absolute atomic E-state index is 0.0229. The molecule has 0 N–H and O–H groups in total. The SMILES string of the molecule is CCC(=O)Cn1cnc2c1c(=O)n(CCOC)c(=O)n2-c1ccc(C)cc1. The highest BCUT2D eigenvalue weighted by molar-refractivity contribution is 5.80. The third kappa shape index (κ3) is 3.48. The van der Waals surface area contributed by atoms with Gasteiger partial charge in [-0.05, 0) is 19.1 Å². The van der Waals surface area contributed by atoms with E-state index in [1.54, 1.807) is 19.1 Å². The van der Waals surface area contributed by atoms with Crippen molar-refractivity contribution in [2.75, 3.05) is 13.7 Å². The molecule has 0 aliphatic carbocycles. The number of aromatic nitrogens is 4. The van der Waals surface area contributed by atoms with Crippen molar-refractivity contribution in [3.8, 4) is 5.69 Å². The molecule has 0 fully saturated rings. The molecule has 0 atom stereocenters. The van der Waals surface area contributed by atoms with Crippen LogP contribution in [0.4, 0.5) is 0 Å². The number of aryl methyl sites for hydroxylation is 1. The van der Waals surface area contributed by atoms with Crippen LogP contribution in [-0.4, -0.2) is 38.2 Å². The maximum absolute atomic E-state index is 13.0. The lowest BCUT2D eigenvalue weighted by atomic mass is 10.2. The van der Waals surface area contributed by atoms with Gasteiger partial charge in [0.15, 0.2) is 16.9 Å². The van der Waals surface area contributed by atoms with Gasteiger partial charge in [0, 0.05) is 13.5 Å². The summed E-state index contributed by atoms with van der Waals surface area (Å²) in [4.78, 5) is 42.2. The summed E-state index contributed by atoms with van der Waals surface area (Å²) in [7, 11) is 1.51. The number of fused-ring (bicyclic) bond motifs is 1. The molecule has 0 aliphatic heterocycles. The quantitative estimate of drug-likeness (QED) is 0.625. The van der Waals surface area contributed by atoms with Gasteiger partial charge in [0.2, 0.25) is 0 Å². The van der Waals surface area contributed by atoms with E-state index >= 15 is 0 Å². The van der Waals surface area contributed by atoms with Crippen LogP contribution in [0.15, 0.2) is 40.2 Å². The molecule has 3 rings (SSSR count). The number of imidazole rings is 1. The van der Waals surface area contributed by atoms with E-state index in [9.17, 15) is 14.4 Å². The Bertz CT molecular complexity index is 1090. The molecule has 2 heterocycles. The number of nitrogens with zero attached hydrogens (tertiary/aromatic N) is 4. The Morgan fingerprint density at radius 2 is 1.89 bits per heavy atom. The summed E-state index contributed by atoms with van der Waals surface area (Å²) in [5.41, 5.74) is 1.17. The van der Waals surface area contributed by atoms with Crippen LogP contribution < -0.4 is 11.2 Å². The molecule has 0 spiro atoms. The summed E-state index contributed by atoms with van der Waals surface area (Å²) in [6.07, 6.45) is 1.79. The molecular weight excluding hydrogens is 348 g/mol. The topological polar surface area (TPSA) is 88.1 Å². The van der Waals surface area contributed by atoms with Gasteiger partial charge in [0.05, 0.1) is 31.7 Å². The number of hydrogen-bond acceptors (Lipinski definition) is 5. The number of methoxy groups -OCH3 is 1. The van der Waals surface area contributed by atoms with Crippen molar-refractivity contribution in [3.63, 3.8) is 0 Å². The van der Waals surface area contributed by atoms with Crippen LogP contribution in [0, 0.1) is 6.92 Å². The molecule has 3 aromatic rings. The summed E-state index contributed by atoms with van der Waals surface area (Å²) in [5.74, 6) is -0.0229. The van der Waals surface area contributed by atoms with Crippen molar-refractivity contribution in [2.45, 2.75) is 33.4 Å². The molecule has 8 heteroatoms. The summed E-state index contributed by atoms with van der Waals surface area (Å²) in [6, 6.07) is 7.38. The highest BCUT2D eigenvalue weighted by atomic mass is 16.5. The monoisotopic (exact) mass is 370 g/mol. The van der Waals surface area contributed by atoms with Gasteiger partial charge in [0.25, 0.3) is 5.56 Å². The molecule has 0 amide bonds. The first-order valence-electron chi connectivity index (χ1n) is 8.76. The van der Waals surface area contributed by atoms with Crippen LogP contribution in [0.3, 0.4) is 0 Å². The van der Waals surface area contributed by atoms with Crippen molar-refractivity contribution in [1.82, 2.24) is 18.7 Å². The van der Waals surface area contributed by atoms with Gasteiger partial charge < -0.3 is 9.30 Å². The number of carbonyl (C=O) groups excluding carboxylic acids is 1. The summed E-state index contributed by atoms with van der Waals surface area (Å²) >= 11 is 0. The second kappa shape index (κ2) is 7.71.